The van der Waals surface area contributed by atoms with E-state index in [0.717, 1.165) is 25.7 Å². The number of aliphatic hydroxyl groups is 2. The summed E-state index contributed by atoms with van der Waals surface area (Å²) in [7, 11) is 0. The molecule has 0 aromatic heterocycles. The van der Waals surface area contributed by atoms with Crippen LogP contribution in [0.2, 0.25) is 0 Å². The van der Waals surface area contributed by atoms with Gasteiger partial charge in [-0.15, -0.1) is 0 Å². The summed E-state index contributed by atoms with van der Waals surface area (Å²) in [5.41, 5.74) is 0. The van der Waals surface area contributed by atoms with Gasteiger partial charge in [-0.3, -0.25) is 0 Å². The largest absolute Gasteiger partial charge is 0.393 e. The van der Waals surface area contributed by atoms with Crippen LogP contribution in [0.1, 0.15) is 45.4 Å². The lowest BCUT2D eigenvalue weighted by atomic mass is 9.83. The molecule has 1 aliphatic carbocycles. The Bertz CT molecular complexity index is 123. The first-order chi connectivity index (χ1) is 5.70. The highest BCUT2D eigenvalue weighted by molar-refractivity contribution is 4.74. The Morgan fingerprint density at radius 3 is 2.58 bits per heavy atom. The van der Waals surface area contributed by atoms with Crippen LogP contribution in [-0.4, -0.2) is 22.4 Å². The molecule has 0 aromatic rings. The Morgan fingerprint density at radius 2 is 2.00 bits per heavy atom. The molecular formula is C10H20O2. The minimum Gasteiger partial charge on any atom is -0.393 e. The van der Waals surface area contributed by atoms with Crippen molar-refractivity contribution < 1.29 is 10.2 Å². The average Bonchev–Trinajstić information content (AvgIpc) is 2.03. The van der Waals surface area contributed by atoms with E-state index >= 15 is 0 Å². The highest BCUT2D eigenvalue weighted by atomic mass is 16.3. The van der Waals surface area contributed by atoms with Crippen molar-refractivity contribution in [2.24, 2.45) is 5.92 Å². The van der Waals surface area contributed by atoms with Crippen LogP contribution in [0.5, 0.6) is 0 Å². The van der Waals surface area contributed by atoms with Crippen molar-refractivity contribution in [3.63, 3.8) is 0 Å². The van der Waals surface area contributed by atoms with Gasteiger partial charge in [0, 0.05) is 0 Å². The van der Waals surface area contributed by atoms with E-state index in [1.807, 2.05) is 6.92 Å². The van der Waals surface area contributed by atoms with E-state index in [-0.39, 0.29) is 12.2 Å². The summed E-state index contributed by atoms with van der Waals surface area (Å²) < 4.78 is 0. The van der Waals surface area contributed by atoms with Crippen LogP contribution in [0.3, 0.4) is 0 Å². The van der Waals surface area contributed by atoms with E-state index in [9.17, 15) is 5.11 Å². The Balaban J connectivity index is 2.20. The highest BCUT2D eigenvalue weighted by Crippen LogP contribution is 2.28. The van der Waals surface area contributed by atoms with Crippen LogP contribution in [0.25, 0.3) is 0 Å². The van der Waals surface area contributed by atoms with Crippen molar-refractivity contribution in [3.8, 4) is 0 Å². The van der Waals surface area contributed by atoms with Gasteiger partial charge >= 0.3 is 0 Å². The lowest BCUT2D eigenvalue weighted by Crippen LogP contribution is -2.25. The molecule has 0 spiro atoms. The number of rotatable bonds is 3. The third kappa shape index (κ3) is 3.11. The van der Waals surface area contributed by atoms with E-state index in [1.165, 1.54) is 12.8 Å². The number of hydrogen-bond donors (Lipinski definition) is 2. The second kappa shape index (κ2) is 4.83. The summed E-state index contributed by atoms with van der Waals surface area (Å²) in [6, 6.07) is 0. The molecule has 0 bridgehead atoms. The highest BCUT2D eigenvalue weighted by Gasteiger charge is 2.22. The third-order valence-electron chi connectivity index (χ3n) is 2.82. The molecular weight excluding hydrogens is 152 g/mol. The summed E-state index contributed by atoms with van der Waals surface area (Å²) in [4.78, 5) is 0. The summed E-state index contributed by atoms with van der Waals surface area (Å²) in [6.07, 6.45) is 6.05. The predicted octanol–water partition coefficient (Wildman–Crippen LogP) is 1.70. The van der Waals surface area contributed by atoms with E-state index in [2.05, 4.69) is 0 Å². The monoisotopic (exact) mass is 172 g/mol. The molecule has 3 unspecified atom stereocenters. The van der Waals surface area contributed by atoms with E-state index in [1.54, 1.807) is 0 Å². The van der Waals surface area contributed by atoms with Gasteiger partial charge in [-0.25, -0.2) is 0 Å². The van der Waals surface area contributed by atoms with Crippen LogP contribution >= 0.6 is 0 Å². The van der Waals surface area contributed by atoms with Crippen LogP contribution in [-0.2, 0) is 0 Å². The van der Waals surface area contributed by atoms with Crippen molar-refractivity contribution in [1.82, 2.24) is 0 Å². The smallest absolute Gasteiger partial charge is 0.0568 e. The molecule has 2 N–H and O–H groups in total. The van der Waals surface area contributed by atoms with E-state index in [4.69, 9.17) is 5.11 Å². The van der Waals surface area contributed by atoms with Crippen molar-refractivity contribution in [3.05, 3.63) is 0 Å². The standard InChI is InChI=1S/C10H20O2/c1-8(11)6-7-9-4-2-3-5-10(9)12/h8-12H,2-7H2,1H3. The van der Waals surface area contributed by atoms with Gasteiger partial charge in [0.15, 0.2) is 0 Å². The fourth-order valence-corrected chi connectivity index (χ4v) is 1.98. The minimum atomic E-state index is -0.209. The van der Waals surface area contributed by atoms with Crippen LogP contribution < -0.4 is 0 Å². The van der Waals surface area contributed by atoms with Gasteiger partial charge in [0.1, 0.15) is 0 Å². The Hall–Kier alpha value is -0.0800. The van der Waals surface area contributed by atoms with E-state index < -0.39 is 0 Å². The second-order valence-corrected chi connectivity index (χ2v) is 4.04. The maximum absolute atomic E-state index is 9.60. The molecule has 2 nitrogen and oxygen atoms in total. The molecule has 0 aliphatic heterocycles. The summed E-state index contributed by atoms with van der Waals surface area (Å²) in [5.74, 6) is 0.452. The number of hydrogen-bond acceptors (Lipinski definition) is 2. The third-order valence-corrected chi connectivity index (χ3v) is 2.82. The van der Waals surface area contributed by atoms with Crippen LogP contribution in [0.4, 0.5) is 0 Å². The first-order valence-electron chi connectivity index (χ1n) is 5.06. The fraction of sp³-hybridized carbons (Fsp3) is 1.00. The topological polar surface area (TPSA) is 40.5 Å². The van der Waals surface area contributed by atoms with Gasteiger partial charge in [-0.05, 0) is 38.5 Å². The summed E-state index contributed by atoms with van der Waals surface area (Å²) in [5, 5.41) is 18.7. The zero-order valence-corrected chi connectivity index (χ0v) is 7.87. The zero-order chi connectivity index (χ0) is 8.97. The normalized spacial score (nSPS) is 33.2. The molecule has 1 aliphatic rings. The molecule has 0 saturated heterocycles. The van der Waals surface area contributed by atoms with E-state index in [0.29, 0.717) is 5.92 Å². The lowest BCUT2D eigenvalue weighted by Gasteiger charge is -2.27. The molecule has 0 radical (unpaired) electrons. The molecule has 0 amide bonds. The SMILES string of the molecule is CC(O)CCC1CCCCC1O. The molecule has 1 fully saturated rings. The Kier molecular flexibility index (Phi) is 4.02. The van der Waals surface area contributed by atoms with Crippen molar-refractivity contribution >= 4 is 0 Å². The van der Waals surface area contributed by atoms with Gasteiger partial charge in [-0.2, -0.15) is 0 Å². The van der Waals surface area contributed by atoms with Crippen LogP contribution in [0.15, 0.2) is 0 Å². The van der Waals surface area contributed by atoms with Crippen molar-refractivity contribution in [2.75, 3.05) is 0 Å². The minimum absolute atomic E-state index is 0.0995. The molecule has 12 heavy (non-hydrogen) atoms. The second-order valence-electron chi connectivity index (χ2n) is 4.04. The maximum atomic E-state index is 9.60. The maximum Gasteiger partial charge on any atom is 0.0568 e. The molecule has 2 heteroatoms. The zero-order valence-electron chi connectivity index (χ0n) is 7.87. The number of aliphatic hydroxyl groups excluding tert-OH is 2. The fourth-order valence-electron chi connectivity index (χ4n) is 1.98. The quantitative estimate of drug-likeness (QED) is 0.680. The van der Waals surface area contributed by atoms with Crippen molar-refractivity contribution in [2.45, 2.75) is 57.7 Å². The molecule has 1 saturated carbocycles. The molecule has 72 valence electrons. The first-order valence-corrected chi connectivity index (χ1v) is 5.06. The molecule has 0 aromatic carbocycles. The average molecular weight is 172 g/mol. The summed E-state index contributed by atoms with van der Waals surface area (Å²) >= 11 is 0. The van der Waals surface area contributed by atoms with Gasteiger partial charge in [0.25, 0.3) is 0 Å². The van der Waals surface area contributed by atoms with Crippen molar-refractivity contribution in [1.29, 1.82) is 0 Å². The molecule has 3 atom stereocenters. The lowest BCUT2D eigenvalue weighted by molar-refractivity contribution is 0.0558. The van der Waals surface area contributed by atoms with Gasteiger partial charge < -0.3 is 10.2 Å². The van der Waals surface area contributed by atoms with Gasteiger partial charge in [0.05, 0.1) is 12.2 Å². The predicted molar refractivity (Wildman–Crippen MR) is 48.9 cm³/mol. The van der Waals surface area contributed by atoms with Crippen LogP contribution in [0, 0.1) is 5.92 Å². The summed E-state index contributed by atoms with van der Waals surface area (Å²) in [6.45, 7) is 1.81. The van der Waals surface area contributed by atoms with Gasteiger partial charge in [-0.1, -0.05) is 12.8 Å². The molecule has 1 rings (SSSR count). The Labute approximate surface area is 74.6 Å². The van der Waals surface area contributed by atoms with Gasteiger partial charge in [0.2, 0.25) is 0 Å². The first kappa shape index (κ1) is 10.0. The Morgan fingerprint density at radius 1 is 1.33 bits per heavy atom. The molecule has 0 heterocycles.